The number of benzene rings is 1. The Morgan fingerprint density at radius 3 is 2.74 bits per heavy atom. The van der Waals surface area contributed by atoms with E-state index in [0.717, 1.165) is 22.4 Å². The van der Waals surface area contributed by atoms with Gasteiger partial charge in [-0.15, -0.1) is 11.3 Å². The highest BCUT2D eigenvalue weighted by atomic mass is 35.5. The second-order valence-electron chi connectivity index (χ2n) is 5.97. The van der Waals surface area contributed by atoms with Crippen molar-refractivity contribution >= 4 is 34.5 Å². The van der Waals surface area contributed by atoms with E-state index < -0.39 is 0 Å². The Balaban J connectivity index is 1.43. The SMILES string of the molecule is O=C(NCC1C=C(c2cccc(-c3ccncc3)c2)NO1)c1ccc(Cl)s1. The van der Waals surface area contributed by atoms with Crippen molar-refractivity contribution in [3.8, 4) is 11.1 Å². The van der Waals surface area contributed by atoms with E-state index >= 15 is 0 Å². The Labute approximate surface area is 165 Å². The van der Waals surface area contributed by atoms with Crippen molar-refractivity contribution in [1.29, 1.82) is 0 Å². The third kappa shape index (κ3) is 4.19. The first-order chi connectivity index (χ1) is 13.2. The number of thiophene rings is 1. The van der Waals surface area contributed by atoms with Crippen molar-refractivity contribution < 1.29 is 9.63 Å². The Bertz CT molecular complexity index is 988. The van der Waals surface area contributed by atoms with Crippen molar-refractivity contribution in [3.63, 3.8) is 0 Å². The van der Waals surface area contributed by atoms with E-state index in [1.165, 1.54) is 11.3 Å². The average molecular weight is 398 g/mol. The van der Waals surface area contributed by atoms with Gasteiger partial charge in [0, 0.05) is 18.0 Å². The molecule has 2 N–H and O–H groups in total. The number of carbonyl (C=O) groups is 1. The summed E-state index contributed by atoms with van der Waals surface area (Å²) in [5.74, 6) is -0.156. The van der Waals surface area contributed by atoms with Crippen LogP contribution in [0.15, 0.2) is 67.0 Å². The smallest absolute Gasteiger partial charge is 0.261 e. The third-order valence-electron chi connectivity index (χ3n) is 4.12. The fourth-order valence-electron chi connectivity index (χ4n) is 2.78. The largest absolute Gasteiger partial charge is 0.348 e. The van der Waals surface area contributed by atoms with Crippen LogP contribution in [0.25, 0.3) is 16.8 Å². The molecule has 0 aliphatic carbocycles. The van der Waals surface area contributed by atoms with Crippen LogP contribution in [0.3, 0.4) is 0 Å². The van der Waals surface area contributed by atoms with E-state index in [-0.39, 0.29) is 12.0 Å². The van der Waals surface area contributed by atoms with Gasteiger partial charge in [-0.1, -0.05) is 29.8 Å². The zero-order valence-electron chi connectivity index (χ0n) is 14.2. The number of carbonyl (C=O) groups excluding carboxylic acids is 1. The van der Waals surface area contributed by atoms with Crippen LogP contribution in [0.1, 0.15) is 15.2 Å². The molecule has 1 aliphatic rings. The predicted octanol–water partition coefficient (Wildman–Crippen LogP) is 4.14. The molecule has 1 aliphatic heterocycles. The van der Waals surface area contributed by atoms with Gasteiger partial charge in [-0.25, -0.2) is 0 Å². The minimum atomic E-state index is -0.246. The number of hydrogen-bond donors (Lipinski definition) is 2. The minimum absolute atomic E-state index is 0.156. The topological polar surface area (TPSA) is 63.2 Å². The van der Waals surface area contributed by atoms with E-state index in [1.807, 2.05) is 30.3 Å². The van der Waals surface area contributed by atoms with Gasteiger partial charge in [-0.05, 0) is 47.5 Å². The monoisotopic (exact) mass is 397 g/mol. The average Bonchev–Trinajstić information content (AvgIpc) is 3.36. The van der Waals surface area contributed by atoms with Crippen LogP contribution in [0.5, 0.6) is 0 Å². The number of aromatic nitrogens is 1. The Morgan fingerprint density at radius 2 is 1.96 bits per heavy atom. The summed E-state index contributed by atoms with van der Waals surface area (Å²) in [6.07, 6.45) is 5.27. The van der Waals surface area contributed by atoms with Crippen molar-refractivity contribution in [3.05, 3.63) is 81.8 Å². The number of hydrogen-bond acceptors (Lipinski definition) is 5. The van der Waals surface area contributed by atoms with Crippen molar-refractivity contribution in [2.45, 2.75) is 6.10 Å². The normalized spacial score (nSPS) is 15.9. The zero-order chi connectivity index (χ0) is 18.6. The molecule has 0 fully saturated rings. The van der Waals surface area contributed by atoms with Crippen LogP contribution in [-0.2, 0) is 4.84 Å². The summed E-state index contributed by atoms with van der Waals surface area (Å²) >= 11 is 7.12. The molecule has 5 nitrogen and oxygen atoms in total. The highest BCUT2D eigenvalue weighted by Gasteiger charge is 2.19. The fourth-order valence-corrected chi connectivity index (χ4v) is 3.74. The first kappa shape index (κ1) is 17.7. The van der Waals surface area contributed by atoms with E-state index in [0.29, 0.717) is 15.8 Å². The Kier molecular flexibility index (Phi) is 5.20. The molecule has 7 heteroatoms. The summed E-state index contributed by atoms with van der Waals surface area (Å²) in [5, 5.41) is 2.86. The van der Waals surface area contributed by atoms with Crippen LogP contribution in [0.2, 0.25) is 4.34 Å². The van der Waals surface area contributed by atoms with Crippen LogP contribution in [-0.4, -0.2) is 23.5 Å². The summed E-state index contributed by atoms with van der Waals surface area (Å²) < 4.78 is 0.593. The lowest BCUT2D eigenvalue weighted by molar-refractivity contribution is 0.0499. The molecule has 0 spiro atoms. The molecule has 0 saturated heterocycles. The van der Waals surface area contributed by atoms with Gasteiger partial charge in [-0.3, -0.25) is 20.1 Å². The van der Waals surface area contributed by atoms with Crippen molar-refractivity contribution in [2.24, 2.45) is 0 Å². The van der Waals surface area contributed by atoms with Crippen LogP contribution >= 0.6 is 22.9 Å². The molecule has 0 radical (unpaired) electrons. The van der Waals surface area contributed by atoms with Crippen molar-refractivity contribution in [2.75, 3.05) is 6.54 Å². The van der Waals surface area contributed by atoms with Gasteiger partial charge in [-0.2, -0.15) is 0 Å². The lowest BCUT2D eigenvalue weighted by Crippen LogP contribution is -2.31. The Hall–Kier alpha value is -2.67. The van der Waals surface area contributed by atoms with E-state index in [1.54, 1.807) is 24.5 Å². The highest BCUT2D eigenvalue weighted by Crippen LogP contribution is 2.25. The molecule has 1 unspecified atom stereocenters. The standard InChI is InChI=1S/C20H16ClN3O2S/c21-19-5-4-18(27-19)20(25)23-12-16-11-17(24-26-16)15-3-1-2-14(10-15)13-6-8-22-9-7-13/h1-11,16,24H,12H2,(H,23,25). The lowest BCUT2D eigenvalue weighted by atomic mass is 10.0. The molecule has 136 valence electrons. The van der Waals surface area contributed by atoms with Gasteiger partial charge < -0.3 is 5.32 Å². The quantitative estimate of drug-likeness (QED) is 0.679. The summed E-state index contributed by atoms with van der Waals surface area (Å²) in [5.41, 5.74) is 7.05. The Morgan fingerprint density at radius 1 is 1.15 bits per heavy atom. The van der Waals surface area contributed by atoms with Gasteiger partial charge in [0.2, 0.25) is 0 Å². The fraction of sp³-hybridized carbons (Fsp3) is 0.100. The van der Waals surface area contributed by atoms with Crippen LogP contribution in [0, 0.1) is 0 Å². The molecular formula is C20H16ClN3O2S. The number of pyridine rings is 1. The molecule has 0 saturated carbocycles. The second kappa shape index (κ2) is 7.92. The number of rotatable bonds is 5. The van der Waals surface area contributed by atoms with Crippen molar-refractivity contribution in [1.82, 2.24) is 15.8 Å². The zero-order valence-corrected chi connectivity index (χ0v) is 15.8. The number of amides is 1. The molecular weight excluding hydrogens is 382 g/mol. The molecule has 3 aromatic rings. The number of halogens is 1. The first-order valence-electron chi connectivity index (χ1n) is 8.37. The molecule has 1 amide bonds. The summed E-state index contributed by atoms with van der Waals surface area (Å²) in [4.78, 5) is 22.3. The first-order valence-corrected chi connectivity index (χ1v) is 9.56. The number of hydroxylamine groups is 1. The van der Waals surface area contributed by atoms with E-state index in [4.69, 9.17) is 16.4 Å². The number of nitrogens with one attached hydrogen (secondary N) is 2. The maximum Gasteiger partial charge on any atom is 0.261 e. The van der Waals surface area contributed by atoms with Gasteiger partial charge in [0.15, 0.2) is 0 Å². The predicted molar refractivity (Wildman–Crippen MR) is 107 cm³/mol. The molecule has 3 heterocycles. The van der Waals surface area contributed by atoms with E-state index in [9.17, 15) is 4.79 Å². The second-order valence-corrected chi connectivity index (χ2v) is 7.68. The van der Waals surface area contributed by atoms with Gasteiger partial charge >= 0.3 is 0 Å². The van der Waals surface area contributed by atoms with E-state index in [2.05, 4.69) is 27.9 Å². The molecule has 2 aromatic heterocycles. The molecule has 1 aromatic carbocycles. The summed E-state index contributed by atoms with van der Waals surface area (Å²) in [6, 6.07) is 15.5. The van der Waals surface area contributed by atoms with Gasteiger partial charge in [0.1, 0.15) is 6.10 Å². The highest BCUT2D eigenvalue weighted by molar-refractivity contribution is 7.17. The molecule has 1 atom stereocenters. The van der Waals surface area contributed by atoms with Crippen LogP contribution < -0.4 is 10.8 Å². The van der Waals surface area contributed by atoms with Crippen LogP contribution in [0.4, 0.5) is 0 Å². The molecule has 0 bridgehead atoms. The molecule has 4 rings (SSSR count). The minimum Gasteiger partial charge on any atom is -0.348 e. The number of nitrogens with zero attached hydrogens (tertiary/aromatic N) is 1. The maximum absolute atomic E-state index is 12.1. The summed E-state index contributed by atoms with van der Waals surface area (Å²) in [7, 11) is 0. The maximum atomic E-state index is 12.1. The third-order valence-corrected chi connectivity index (χ3v) is 5.35. The van der Waals surface area contributed by atoms with Gasteiger partial charge in [0.25, 0.3) is 5.91 Å². The van der Waals surface area contributed by atoms with Gasteiger partial charge in [0.05, 0.1) is 21.5 Å². The lowest BCUT2D eigenvalue weighted by Gasteiger charge is -2.08. The molecule has 27 heavy (non-hydrogen) atoms. The summed E-state index contributed by atoms with van der Waals surface area (Å²) in [6.45, 7) is 0.370.